The van der Waals surface area contributed by atoms with Gasteiger partial charge in [-0.15, -0.1) is 0 Å². The number of carbonyl (C=O) groups excluding carboxylic acids is 2. The van der Waals surface area contributed by atoms with E-state index in [0.29, 0.717) is 68.2 Å². The Morgan fingerprint density at radius 3 is 2.30 bits per heavy atom. The van der Waals surface area contributed by atoms with Gasteiger partial charge in [-0.25, -0.2) is 5.43 Å². The number of hydrazone groups is 1. The molecule has 0 fully saturated rings. The number of amides is 2. The Balaban J connectivity index is 1.38. The van der Waals surface area contributed by atoms with Crippen molar-refractivity contribution >= 4 is 57.9 Å². The van der Waals surface area contributed by atoms with E-state index in [1.54, 1.807) is 54.6 Å². The van der Waals surface area contributed by atoms with Crippen molar-refractivity contribution in [3.63, 3.8) is 0 Å². The zero-order chi connectivity index (χ0) is 31.3. The van der Waals surface area contributed by atoms with E-state index in [0.717, 1.165) is 5.56 Å². The molecule has 0 aliphatic heterocycles. The quantitative estimate of drug-likeness (QED) is 0.0816. The molecule has 0 atom stereocenters. The Morgan fingerprint density at radius 2 is 1.57 bits per heavy atom. The van der Waals surface area contributed by atoms with Crippen LogP contribution in [0.15, 0.2) is 90.0 Å². The van der Waals surface area contributed by atoms with E-state index >= 15 is 0 Å². The van der Waals surface area contributed by atoms with Crippen molar-refractivity contribution in [3.8, 4) is 23.0 Å². The predicted octanol–water partition coefficient (Wildman–Crippen LogP) is 7.10. The summed E-state index contributed by atoms with van der Waals surface area (Å²) in [5.74, 6) is 1.13. The Kier molecular flexibility index (Phi) is 12.3. The number of anilines is 1. The molecule has 44 heavy (non-hydrogen) atoms. The second kappa shape index (κ2) is 16.5. The van der Waals surface area contributed by atoms with Gasteiger partial charge in [0, 0.05) is 16.3 Å². The van der Waals surface area contributed by atoms with E-state index in [1.807, 2.05) is 44.2 Å². The average molecular weight is 728 g/mol. The lowest BCUT2D eigenvalue weighted by atomic mass is 10.2. The fourth-order valence-corrected chi connectivity index (χ4v) is 4.84. The largest absolute Gasteiger partial charge is 0.490 e. The van der Waals surface area contributed by atoms with Gasteiger partial charge in [-0.3, -0.25) is 9.59 Å². The summed E-state index contributed by atoms with van der Waals surface area (Å²) < 4.78 is 23.9. The summed E-state index contributed by atoms with van der Waals surface area (Å²) in [7, 11) is 0. The van der Waals surface area contributed by atoms with Gasteiger partial charge in [0.05, 0.1) is 23.0 Å². The van der Waals surface area contributed by atoms with Crippen LogP contribution >= 0.6 is 34.2 Å². The van der Waals surface area contributed by atoms with E-state index in [1.165, 1.54) is 6.21 Å². The molecule has 0 saturated heterocycles. The molecule has 228 valence electrons. The molecule has 4 aromatic carbocycles. The van der Waals surface area contributed by atoms with E-state index in [2.05, 4.69) is 38.4 Å². The Morgan fingerprint density at radius 1 is 0.841 bits per heavy atom. The SMILES string of the molecule is CCOc1cc(C(=O)N/N=C/c2cc(I)c(OCC(=O)Nc3ccc(Cl)cc3)c(OCC)c2)ccc1OCc1ccccc1. The highest BCUT2D eigenvalue weighted by Crippen LogP contribution is 2.34. The molecule has 0 bridgehead atoms. The summed E-state index contributed by atoms with van der Waals surface area (Å²) in [6.07, 6.45) is 1.50. The molecule has 0 aromatic heterocycles. The number of ether oxygens (including phenoxy) is 4. The molecule has 0 heterocycles. The maximum absolute atomic E-state index is 12.9. The summed E-state index contributed by atoms with van der Waals surface area (Å²) in [5, 5.41) is 7.46. The van der Waals surface area contributed by atoms with Crippen LogP contribution in [0.4, 0.5) is 5.69 Å². The van der Waals surface area contributed by atoms with Gasteiger partial charge in [0.1, 0.15) is 6.61 Å². The van der Waals surface area contributed by atoms with Crippen LogP contribution in [0, 0.1) is 3.57 Å². The standard InChI is InChI=1S/C33H31ClIN3O6/c1-3-41-29-18-24(10-15-28(29)43-20-22-8-6-5-7-9-22)33(40)38-36-19-23-16-27(35)32(30(17-23)42-4-2)44-21-31(39)37-26-13-11-25(34)12-14-26/h5-19H,3-4,20-21H2,1-2H3,(H,37,39)(H,38,40)/b36-19+. The lowest BCUT2D eigenvalue weighted by Crippen LogP contribution is -2.20. The number of carbonyl (C=O) groups is 2. The molecule has 2 N–H and O–H groups in total. The highest BCUT2D eigenvalue weighted by atomic mass is 127. The third-order valence-electron chi connectivity index (χ3n) is 5.93. The second-order valence-electron chi connectivity index (χ2n) is 9.17. The smallest absolute Gasteiger partial charge is 0.271 e. The van der Waals surface area contributed by atoms with Crippen LogP contribution in [0.3, 0.4) is 0 Å². The maximum atomic E-state index is 12.9. The predicted molar refractivity (Wildman–Crippen MR) is 179 cm³/mol. The van der Waals surface area contributed by atoms with Gasteiger partial charge < -0.3 is 24.3 Å². The average Bonchev–Trinajstić information content (AvgIpc) is 3.02. The highest BCUT2D eigenvalue weighted by Gasteiger charge is 2.15. The first-order valence-corrected chi connectivity index (χ1v) is 15.2. The van der Waals surface area contributed by atoms with Crippen LogP contribution in [0.5, 0.6) is 23.0 Å². The molecule has 0 aliphatic rings. The van der Waals surface area contributed by atoms with Crippen molar-refractivity contribution in [3.05, 3.63) is 110 Å². The zero-order valence-corrected chi connectivity index (χ0v) is 27.1. The summed E-state index contributed by atoms with van der Waals surface area (Å²) in [6.45, 7) is 4.66. The van der Waals surface area contributed by atoms with Gasteiger partial charge in [0.2, 0.25) is 0 Å². The number of hydrogen-bond acceptors (Lipinski definition) is 7. The Labute approximate surface area is 274 Å². The van der Waals surface area contributed by atoms with Crippen LogP contribution in [0.1, 0.15) is 35.3 Å². The fourth-order valence-electron chi connectivity index (χ4n) is 3.94. The monoisotopic (exact) mass is 727 g/mol. The minimum Gasteiger partial charge on any atom is -0.490 e. The summed E-state index contributed by atoms with van der Waals surface area (Å²) in [4.78, 5) is 25.3. The molecule has 2 amide bonds. The van der Waals surface area contributed by atoms with E-state index in [-0.39, 0.29) is 12.5 Å². The summed E-state index contributed by atoms with van der Waals surface area (Å²) >= 11 is 8.00. The summed E-state index contributed by atoms with van der Waals surface area (Å²) in [6, 6.07) is 25.1. The van der Waals surface area contributed by atoms with Crippen molar-refractivity contribution in [1.29, 1.82) is 0 Å². The van der Waals surface area contributed by atoms with Crippen LogP contribution in [-0.2, 0) is 11.4 Å². The number of halogens is 2. The third-order valence-corrected chi connectivity index (χ3v) is 6.98. The van der Waals surface area contributed by atoms with Crippen LogP contribution < -0.4 is 29.7 Å². The number of nitrogens with zero attached hydrogens (tertiary/aromatic N) is 1. The van der Waals surface area contributed by atoms with Gasteiger partial charge >= 0.3 is 0 Å². The molecular formula is C33H31ClIN3O6. The van der Waals surface area contributed by atoms with E-state index in [4.69, 9.17) is 30.5 Å². The molecule has 0 unspecified atom stereocenters. The van der Waals surface area contributed by atoms with Gasteiger partial charge in [-0.2, -0.15) is 5.10 Å². The fraction of sp³-hybridized carbons (Fsp3) is 0.182. The number of rotatable bonds is 14. The first kappa shape index (κ1) is 32.6. The molecular weight excluding hydrogens is 697 g/mol. The molecule has 0 spiro atoms. The number of benzene rings is 4. The second-order valence-corrected chi connectivity index (χ2v) is 10.8. The molecule has 4 aromatic rings. The molecule has 9 nitrogen and oxygen atoms in total. The highest BCUT2D eigenvalue weighted by molar-refractivity contribution is 14.1. The molecule has 0 aliphatic carbocycles. The lowest BCUT2D eigenvalue weighted by molar-refractivity contribution is -0.118. The van der Waals surface area contributed by atoms with Gasteiger partial charge in [-0.1, -0.05) is 41.9 Å². The molecule has 4 rings (SSSR count). The van der Waals surface area contributed by atoms with Crippen molar-refractivity contribution in [2.75, 3.05) is 25.1 Å². The Bertz CT molecular complexity index is 1600. The topological polar surface area (TPSA) is 107 Å². The van der Waals surface area contributed by atoms with Crippen LogP contribution in [-0.4, -0.2) is 37.8 Å². The number of nitrogens with one attached hydrogen (secondary N) is 2. The minimum absolute atomic E-state index is 0.220. The Hall–Kier alpha value is -4.29. The normalized spacial score (nSPS) is 10.7. The van der Waals surface area contributed by atoms with Crippen LogP contribution in [0.25, 0.3) is 0 Å². The van der Waals surface area contributed by atoms with Crippen LogP contribution in [0.2, 0.25) is 5.02 Å². The van der Waals surface area contributed by atoms with E-state index in [9.17, 15) is 9.59 Å². The minimum atomic E-state index is -0.414. The van der Waals surface area contributed by atoms with Gasteiger partial charge in [0.25, 0.3) is 11.8 Å². The number of hydrogen-bond donors (Lipinski definition) is 2. The molecule has 11 heteroatoms. The van der Waals surface area contributed by atoms with Crippen molar-refractivity contribution in [1.82, 2.24) is 5.43 Å². The zero-order valence-electron chi connectivity index (χ0n) is 24.1. The van der Waals surface area contributed by atoms with Crippen molar-refractivity contribution in [2.24, 2.45) is 5.10 Å². The third kappa shape index (κ3) is 9.61. The summed E-state index contributed by atoms with van der Waals surface area (Å²) in [5.41, 5.74) is 5.20. The van der Waals surface area contributed by atoms with Gasteiger partial charge in [0.15, 0.2) is 29.6 Å². The first-order valence-electron chi connectivity index (χ1n) is 13.8. The van der Waals surface area contributed by atoms with Crippen molar-refractivity contribution < 1.29 is 28.5 Å². The molecule has 0 saturated carbocycles. The van der Waals surface area contributed by atoms with Crippen molar-refractivity contribution in [2.45, 2.75) is 20.5 Å². The lowest BCUT2D eigenvalue weighted by Gasteiger charge is -2.14. The first-order chi connectivity index (χ1) is 21.4. The molecule has 0 radical (unpaired) electrons. The maximum Gasteiger partial charge on any atom is 0.271 e. The van der Waals surface area contributed by atoms with Gasteiger partial charge in [-0.05, 0) is 102 Å². The van der Waals surface area contributed by atoms with E-state index < -0.39 is 5.91 Å².